The van der Waals surface area contributed by atoms with E-state index in [2.05, 4.69) is 45.0 Å². The van der Waals surface area contributed by atoms with Crippen LogP contribution in [0.5, 0.6) is 0 Å². The standard InChI is InChI=1S/C15H29N3O/c1-8-16-13(9-10-15(4,5)19-7)14-11(2)17-18(6)12(14)3/h13,16H,8-10H2,1-7H3. The van der Waals surface area contributed by atoms with Crippen LogP contribution in [0, 0.1) is 13.8 Å². The van der Waals surface area contributed by atoms with Gasteiger partial charge in [0.05, 0.1) is 11.3 Å². The van der Waals surface area contributed by atoms with Crippen molar-refractivity contribution in [3.8, 4) is 0 Å². The van der Waals surface area contributed by atoms with Gasteiger partial charge in [0.25, 0.3) is 0 Å². The second-order valence-electron chi connectivity index (χ2n) is 5.82. The van der Waals surface area contributed by atoms with Crippen molar-refractivity contribution < 1.29 is 4.74 Å². The molecule has 0 radical (unpaired) electrons. The van der Waals surface area contributed by atoms with Gasteiger partial charge in [-0.3, -0.25) is 4.68 Å². The maximum absolute atomic E-state index is 5.52. The minimum absolute atomic E-state index is 0.0717. The summed E-state index contributed by atoms with van der Waals surface area (Å²) in [6, 6.07) is 0.355. The summed E-state index contributed by atoms with van der Waals surface area (Å²) in [5, 5.41) is 8.11. The zero-order valence-corrected chi connectivity index (χ0v) is 13.5. The van der Waals surface area contributed by atoms with E-state index in [4.69, 9.17) is 4.74 Å². The maximum Gasteiger partial charge on any atom is 0.0644 e. The zero-order chi connectivity index (χ0) is 14.6. The second kappa shape index (κ2) is 6.53. The van der Waals surface area contributed by atoms with Crippen LogP contribution in [-0.4, -0.2) is 29.0 Å². The van der Waals surface area contributed by atoms with Crippen molar-refractivity contribution >= 4 is 0 Å². The fraction of sp³-hybridized carbons (Fsp3) is 0.800. The second-order valence-corrected chi connectivity index (χ2v) is 5.82. The monoisotopic (exact) mass is 267 g/mol. The number of nitrogens with one attached hydrogen (secondary N) is 1. The first-order valence-electron chi connectivity index (χ1n) is 7.11. The van der Waals surface area contributed by atoms with E-state index in [1.807, 2.05) is 11.7 Å². The average molecular weight is 267 g/mol. The Hall–Kier alpha value is -0.870. The molecule has 0 saturated heterocycles. The molecule has 19 heavy (non-hydrogen) atoms. The van der Waals surface area contributed by atoms with E-state index < -0.39 is 0 Å². The molecule has 0 aromatic carbocycles. The molecule has 0 aliphatic heterocycles. The van der Waals surface area contributed by atoms with Gasteiger partial charge in [0.2, 0.25) is 0 Å². The van der Waals surface area contributed by atoms with E-state index in [0.29, 0.717) is 6.04 Å². The highest BCUT2D eigenvalue weighted by Crippen LogP contribution is 2.28. The van der Waals surface area contributed by atoms with Crippen LogP contribution in [0.4, 0.5) is 0 Å². The summed E-state index contributed by atoms with van der Waals surface area (Å²) in [5.74, 6) is 0. The third-order valence-electron chi connectivity index (χ3n) is 3.95. The fourth-order valence-corrected chi connectivity index (χ4v) is 2.48. The molecule has 1 rings (SSSR count). The van der Waals surface area contributed by atoms with E-state index in [0.717, 1.165) is 25.1 Å². The highest BCUT2D eigenvalue weighted by Gasteiger charge is 2.23. The molecule has 1 aromatic rings. The lowest BCUT2D eigenvalue weighted by atomic mass is 9.94. The third-order valence-corrected chi connectivity index (χ3v) is 3.95. The smallest absolute Gasteiger partial charge is 0.0644 e. The molecular formula is C15H29N3O. The summed E-state index contributed by atoms with van der Waals surface area (Å²) in [7, 11) is 3.79. The summed E-state index contributed by atoms with van der Waals surface area (Å²) in [6.07, 6.45) is 2.08. The van der Waals surface area contributed by atoms with Crippen molar-refractivity contribution in [2.24, 2.45) is 7.05 Å². The van der Waals surface area contributed by atoms with Gasteiger partial charge in [-0.25, -0.2) is 0 Å². The molecule has 1 N–H and O–H groups in total. The Morgan fingerprint density at radius 1 is 1.37 bits per heavy atom. The highest BCUT2D eigenvalue weighted by molar-refractivity contribution is 5.28. The Bertz CT molecular complexity index is 410. The van der Waals surface area contributed by atoms with Gasteiger partial charge in [0.1, 0.15) is 0 Å². The summed E-state index contributed by atoms with van der Waals surface area (Å²) >= 11 is 0. The average Bonchev–Trinajstić information content (AvgIpc) is 2.59. The molecule has 0 aliphatic carbocycles. The molecule has 4 heteroatoms. The van der Waals surface area contributed by atoms with Crippen molar-refractivity contribution in [3.63, 3.8) is 0 Å². The van der Waals surface area contributed by atoms with Crippen molar-refractivity contribution in [1.82, 2.24) is 15.1 Å². The van der Waals surface area contributed by atoms with Gasteiger partial charge in [-0.1, -0.05) is 6.92 Å². The van der Waals surface area contributed by atoms with Crippen LogP contribution in [0.3, 0.4) is 0 Å². The summed E-state index contributed by atoms with van der Waals surface area (Å²) < 4.78 is 7.49. The summed E-state index contributed by atoms with van der Waals surface area (Å²) in [5.41, 5.74) is 3.65. The normalized spacial score (nSPS) is 13.8. The largest absolute Gasteiger partial charge is 0.379 e. The first-order valence-corrected chi connectivity index (χ1v) is 7.11. The van der Waals surface area contributed by atoms with Gasteiger partial charge >= 0.3 is 0 Å². The number of methoxy groups -OCH3 is 1. The molecule has 1 aromatic heterocycles. The van der Waals surface area contributed by atoms with Gasteiger partial charge in [0, 0.05) is 31.5 Å². The molecule has 4 nitrogen and oxygen atoms in total. The fourth-order valence-electron chi connectivity index (χ4n) is 2.48. The number of ether oxygens (including phenoxy) is 1. The van der Waals surface area contributed by atoms with Crippen molar-refractivity contribution in [2.75, 3.05) is 13.7 Å². The molecule has 0 saturated carbocycles. The number of nitrogens with zero attached hydrogens (tertiary/aromatic N) is 2. The number of hydrogen-bond donors (Lipinski definition) is 1. The third kappa shape index (κ3) is 4.05. The van der Waals surface area contributed by atoms with E-state index in [1.54, 1.807) is 7.11 Å². The Morgan fingerprint density at radius 3 is 2.42 bits per heavy atom. The van der Waals surface area contributed by atoms with Gasteiger partial charge in [-0.05, 0) is 47.1 Å². The molecule has 0 fully saturated rings. The van der Waals surface area contributed by atoms with E-state index in [9.17, 15) is 0 Å². The van der Waals surface area contributed by atoms with Crippen LogP contribution in [0.25, 0.3) is 0 Å². The molecule has 0 amide bonds. The van der Waals surface area contributed by atoms with Gasteiger partial charge in [-0.15, -0.1) is 0 Å². The number of hydrogen-bond acceptors (Lipinski definition) is 3. The minimum atomic E-state index is -0.0717. The molecule has 0 bridgehead atoms. The van der Waals surface area contributed by atoms with Crippen LogP contribution in [0.1, 0.15) is 56.6 Å². The summed E-state index contributed by atoms with van der Waals surface area (Å²) in [6.45, 7) is 11.6. The topological polar surface area (TPSA) is 39.1 Å². The molecule has 0 aliphatic rings. The molecule has 1 heterocycles. The number of aryl methyl sites for hydroxylation is 2. The quantitative estimate of drug-likeness (QED) is 0.825. The molecule has 0 spiro atoms. The Kier molecular flexibility index (Phi) is 5.56. The maximum atomic E-state index is 5.52. The van der Waals surface area contributed by atoms with Gasteiger partial charge in [-0.2, -0.15) is 5.10 Å². The first-order chi connectivity index (χ1) is 8.82. The van der Waals surface area contributed by atoms with Crippen LogP contribution in [0.15, 0.2) is 0 Å². The van der Waals surface area contributed by atoms with Crippen molar-refractivity contribution in [1.29, 1.82) is 0 Å². The van der Waals surface area contributed by atoms with Crippen molar-refractivity contribution in [2.45, 2.75) is 59.1 Å². The Labute approximate surface area is 117 Å². The van der Waals surface area contributed by atoms with Crippen molar-refractivity contribution in [3.05, 3.63) is 17.0 Å². The van der Waals surface area contributed by atoms with E-state index in [1.165, 1.54) is 11.3 Å². The van der Waals surface area contributed by atoms with Crippen LogP contribution >= 0.6 is 0 Å². The van der Waals surface area contributed by atoms with Crippen LogP contribution < -0.4 is 5.32 Å². The molecule has 1 unspecified atom stereocenters. The Balaban J connectivity index is 2.88. The van der Waals surface area contributed by atoms with Gasteiger partial charge in [0.15, 0.2) is 0 Å². The van der Waals surface area contributed by atoms with E-state index in [-0.39, 0.29) is 5.60 Å². The molecule has 1 atom stereocenters. The predicted octanol–water partition coefficient (Wildman–Crippen LogP) is 2.89. The van der Waals surface area contributed by atoms with Crippen LogP contribution in [-0.2, 0) is 11.8 Å². The molecular weight excluding hydrogens is 238 g/mol. The van der Waals surface area contributed by atoms with E-state index >= 15 is 0 Å². The predicted molar refractivity (Wildman–Crippen MR) is 79.4 cm³/mol. The lowest BCUT2D eigenvalue weighted by molar-refractivity contribution is 0.0117. The molecule has 110 valence electrons. The zero-order valence-electron chi connectivity index (χ0n) is 13.5. The number of rotatable bonds is 7. The lowest BCUT2D eigenvalue weighted by Crippen LogP contribution is -2.28. The lowest BCUT2D eigenvalue weighted by Gasteiger charge is -2.26. The van der Waals surface area contributed by atoms with Gasteiger partial charge < -0.3 is 10.1 Å². The minimum Gasteiger partial charge on any atom is -0.379 e. The Morgan fingerprint density at radius 2 is 2.00 bits per heavy atom. The SMILES string of the molecule is CCNC(CCC(C)(C)OC)c1c(C)nn(C)c1C. The van der Waals surface area contributed by atoms with Crippen LogP contribution in [0.2, 0.25) is 0 Å². The first kappa shape index (κ1) is 16.2. The summed E-state index contributed by atoms with van der Waals surface area (Å²) in [4.78, 5) is 0. The highest BCUT2D eigenvalue weighted by atomic mass is 16.5. The number of aromatic nitrogens is 2.